The SMILES string of the molecule is O=C(C[C@@H]1CC[C@@H]2[C@H](COC[C@@H](O)CN2Cc2ccc3c(c2)OCO3)O1)Nc1ccc(-c2ccccc2)cc1. The summed E-state index contributed by atoms with van der Waals surface area (Å²) in [7, 11) is 0. The van der Waals surface area contributed by atoms with Crippen molar-refractivity contribution in [3.63, 3.8) is 0 Å². The average molecular weight is 531 g/mol. The van der Waals surface area contributed by atoms with E-state index in [9.17, 15) is 9.90 Å². The van der Waals surface area contributed by atoms with Gasteiger partial charge in [-0.2, -0.15) is 0 Å². The number of ether oxygens (including phenoxy) is 4. The van der Waals surface area contributed by atoms with Gasteiger partial charge in [0.15, 0.2) is 11.5 Å². The number of nitrogens with zero attached hydrogens (tertiary/aromatic N) is 1. The standard InChI is InChI=1S/C31H34N2O6/c34-25-17-33(16-21-6-13-28-29(14-21)38-20-37-28)27-12-11-26(39-30(27)19-36-18-25)15-31(35)32-24-9-7-23(8-10-24)22-4-2-1-3-5-22/h1-10,13-14,25-27,30,34H,11-12,15-20H2,(H,32,35)/t25-,26-,27+,30-/m0/s1. The van der Waals surface area contributed by atoms with E-state index in [2.05, 4.69) is 22.3 Å². The molecule has 6 rings (SSSR count). The van der Waals surface area contributed by atoms with Gasteiger partial charge in [-0.05, 0) is 53.8 Å². The van der Waals surface area contributed by atoms with Gasteiger partial charge in [-0.15, -0.1) is 0 Å². The number of aliphatic hydroxyl groups is 1. The summed E-state index contributed by atoms with van der Waals surface area (Å²) in [6.07, 6.45) is 0.966. The average Bonchev–Trinajstić information content (AvgIpc) is 3.41. The normalized spacial score (nSPS) is 24.8. The van der Waals surface area contributed by atoms with Crippen molar-refractivity contribution in [3.05, 3.63) is 78.4 Å². The Morgan fingerprint density at radius 3 is 2.56 bits per heavy atom. The van der Waals surface area contributed by atoms with E-state index in [1.165, 1.54) is 0 Å². The van der Waals surface area contributed by atoms with Crippen LogP contribution in [0.1, 0.15) is 24.8 Å². The van der Waals surface area contributed by atoms with E-state index in [-0.39, 0.29) is 44.0 Å². The maximum Gasteiger partial charge on any atom is 0.231 e. The fourth-order valence-corrected chi connectivity index (χ4v) is 5.70. The van der Waals surface area contributed by atoms with E-state index < -0.39 is 6.10 Å². The van der Waals surface area contributed by atoms with Crippen LogP contribution in [-0.4, -0.2) is 66.8 Å². The minimum Gasteiger partial charge on any atom is -0.454 e. The fourth-order valence-electron chi connectivity index (χ4n) is 5.70. The number of nitrogens with one attached hydrogen (secondary N) is 1. The van der Waals surface area contributed by atoms with Gasteiger partial charge in [0.05, 0.1) is 37.9 Å². The molecule has 0 aromatic heterocycles. The largest absolute Gasteiger partial charge is 0.454 e. The molecule has 39 heavy (non-hydrogen) atoms. The zero-order valence-electron chi connectivity index (χ0n) is 21.8. The number of anilines is 1. The van der Waals surface area contributed by atoms with Crippen molar-refractivity contribution in [1.29, 1.82) is 0 Å². The summed E-state index contributed by atoms with van der Waals surface area (Å²) < 4.78 is 23.2. The van der Waals surface area contributed by atoms with Crippen LogP contribution in [0.2, 0.25) is 0 Å². The predicted octanol–water partition coefficient (Wildman–Crippen LogP) is 4.22. The molecule has 2 saturated heterocycles. The molecule has 4 atom stereocenters. The smallest absolute Gasteiger partial charge is 0.231 e. The lowest BCUT2D eigenvalue weighted by Crippen LogP contribution is -2.55. The minimum atomic E-state index is -0.572. The lowest BCUT2D eigenvalue weighted by Gasteiger charge is -2.44. The molecule has 1 amide bonds. The van der Waals surface area contributed by atoms with Crippen molar-refractivity contribution in [2.45, 2.75) is 50.2 Å². The monoisotopic (exact) mass is 530 g/mol. The van der Waals surface area contributed by atoms with Crippen LogP contribution in [0.25, 0.3) is 11.1 Å². The molecule has 2 N–H and O–H groups in total. The lowest BCUT2D eigenvalue weighted by molar-refractivity contribution is -0.156. The highest BCUT2D eigenvalue weighted by atomic mass is 16.7. The number of β-amino-alcohol motifs (C(OH)–C–C–N with tert-alkyl or cyclic N) is 1. The van der Waals surface area contributed by atoms with Crippen LogP contribution in [0, 0.1) is 0 Å². The Labute approximate surface area is 228 Å². The molecule has 0 bridgehead atoms. The van der Waals surface area contributed by atoms with Gasteiger partial charge < -0.3 is 29.4 Å². The van der Waals surface area contributed by atoms with Crippen molar-refractivity contribution in [3.8, 4) is 22.6 Å². The lowest BCUT2D eigenvalue weighted by atomic mass is 9.94. The van der Waals surface area contributed by atoms with Crippen LogP contribution < -0.4 is 14.8 Å². The second-order valence-electron chi connectivity index (χ2n) is 10.4. The summed E-state index contributed by atoms with van der Waals surface area (Å²) in [5.41, 5.74) is 4.11. The van der Waals surface area contributed by atoms with E-state index in [0.29, 0.717) is 19.7 Å². The second-order valence-corrected chi connectivity index (χ2v) is 10.4. The van der Waals surface area contributed by atoms with Gasteiger partial charge in [0.25, 0.3) is 0 Å². The third kappa shape index (κ3) is 6.25. The number of rotatable bonds is 6. The maximum atomic E-state index is 12.9. The number of hydrogen-bond donors (Lipinski definition) is 2. The molecule has 0 saturated carbocycles. The number of carbonyl (C=O) groups is 1. The molecule has 0 radical (unpaired) electrons. The van der Waals surface area contributed by atoms with Gasteiger partial charge >= 0.3 is 0 Å². The van der Waals surface area contributed by atoms with E-state index >= 15 is 0 Å². The van der Waals surface area contributed by atoms with Crippen molar-refractivity contribution in [2.24, 2.45) is 0 Å². The van der Waals surface area contributed by atoms with Gasteiger partial charge in [-0.1, -0.05) is 48.5 Å². The van der Waals surface area contributed by atoms with Crippen LogP contribution in [0.15, 0.2) is 72.8 Å². The van der Waals surface area contributed by atoms with Crippen LogP contribution in [0.5, 0.6) is 11.5 Å². The highest BCUT2D eigenvalue weighted by Crippen LogP contribution is 2.34. The zero-order valence-corrected chi connectivity index (χ0v) is 21.8. The van der Waals surface area contributed by atoms with E-state index in [1.54, 1.807) is 0 Å². The quantitative estimate of drug-likeness (QED) is 0.493. The predicted molar refractivity (Wildman–Crippen MR) is 147 cm³/mol. The van der Waals surface area contributed by atoms with Crippen molar-refractivity contribution in [2.75, 3.05) is 31.9 Å². The molecule has 204 valence electrons. The van der Waals surface area contributed by atoms with E-state index in [4.69, 9.17) is 18.9 Å². The first kappa shape index (κ1) is 25.8. The summed E-state index contributed by atoms with van der Waals surface area (Å²) in [6, 6.07) is 24.1. The van der Waals surface area contributed by atoms with E-state index in [1.807, 2.05) is 60.7 Å². The Kier molecular flexibility index (Phi) is 7.78. The summed E-state index contributed by atoms with van der Waals surface area (Å²) in [6.45, 7) is 2.03. The first-order chi connectivity index (χ1) is 19.1. The highest BCUT2D eigenvalue weighted by molar-refractivity contribution is 5.91. The van der Waals surface area contributed by atoms with Crippen molar-refractivity contribution < 1.29 is 28.8 Å². The number of carbonyl (C=O) groups excluding carboxylic acids is 1. The van der Waals surface area contributed by atoms with Gasteiger partial charge in [0.2, 0.25) is 12.7 Å². The van der Waals surface area contributed by atoms with Gasteiger partial charge in [0, 0.05) is 24.8 Å². The molecule has 0 aliphatic carbocycles. The molecular weight excluding hydrogens is 496 g/mol. The number of fused-ring (bicyclic) bond motifs is 2. The first-order valence-corrected chi connectivity index (χ1v) is 13.6. The summed E-state index contributed by atoms with van der Waals surface area (Å²) >= 11 is 0. The van der Waals surface area contributed by atoms with Gasteiger partial charge in [-0.3, -0.25) is 9.69 Å². The topological polar surface area (TPSA) is 89.5 Å². The zero-order chi connectivity index (χ0) is 26.6. The third-order valence-electron chi connectivity index (χ3n) is 7.60. The van der Waals surface area contributed by atoms with Crippen molar-refractivity contribution in [1.82, 2.24) is 4.90 Å². The van der Waals surface area contributed by atoms with E-state index in [0.717, 1.165) is 46.7 Å². The number of aliphatic hydroxyl groups excluding tert-OH is 1. The third-order valence-corrected chi connectivity index (χ3v) is 7.60. The molecule has 3 aromatic carbocycles. The maximum absolute atomic E-state index is 12.9. The molecule has 3 aromatic rings. The minimum absolute atomic E-state index is 0.0645. The second kappa shape index (κ2) is 11.8. The molecule has 0 unspecified atom stereocenters. The number of amides is 1. The Morgan fingerprint density at radius 2 is 1.72 bits per heavy atom. The summed E-state index contributed by atoms with van der Waals surface area (Å²) in [4.78, 5) is 15.1. The molecule has 3 heterocycles. The molecule has 2 fully saturated rings. The number of hydrogen-bond acceptors (Lipinski definition) is 7. The van der Waals surface area contributed by atoms with Gasteiger partial charge in [0.1, 0.15) is 0 Å². The van der Waals surface area contributed by atoms with Crippen molar-refractivity contribution >= 4 is 11.6 Å². The fraction of sp³-hybridized carbons (Fsp3) is 0.387. The molecule has 8 nitrogen and oxygen atoms in total. The highest BCUT2D eigenvalue weighted by Gasteiger charge is 2.38. The molecule has 0 spiro atoms. The van der Waals surface area contributed by atoms with Crippen LogP contribution in [0.3, 0.4) is 0 Å². The van der Waals surface area contributed by atoms with Crippen LogP contribution in [-0.2, 0) is 20.8 Å². The number of benzene rings is 3. The van der Waals surface area contributed by atoms with Crippen LogP contribution >= 0.6 is 0 Å². The first-order valence-electron chi connectivity index (χ1n) is 13.6. The molecule has 3 aliphatic rings. The van der Waals surface area contributed by atoms with Crippen LogP contribution in [0.4, 0.5) is 5.69 Å². The van der Waals surface area contributed by atoms with Gasteiger partial charge in [-0.25, -0.2) is 0 Å². The molecular formula is C31H34N2O6. The molecule has 3 aliphatic heterocycles. The Hall–Kier alpha value is -3.43. The Bertz CT molecular complexity index is 1270. The Morgan fingerprint density at radius 1 is 0.923 bits per heavy atom. The Balaban J connectivity index is 1.06. The molecule has 8 heteroatoms. The summed E-state index contributed by atoms with van der Waals surface area (Å²) in [5.74, 6) is 1.44. The summed E-state index contributed by atoms with van der Waals surface area (Å²) in [5, 5.41) is 13.5.